The fourth-order valence-electron chi connectivity index (χ4n) is 2.90. The van der Waals surface area contributed by atoms with Gasteiger partial charge in [-0.05, 0) is 51.1 Å². The second-order valence-electron chi connectivity index (χ2n) is 6.06. The summed E-state index contributed by atoms with van der Waals surface area (Å²) in [6.45, 7) is 4.04. The van der Waals surface area contributed by atoms with Crippen LogP contribution < -0.4 is 10.6 Å². The van der Waals surface area contributed by atoms with Crippen LogP contribution >= 0.6 is 0 Å². The first kappa shape index (κ1) is 18.9. The highest BCUT2D eigenvalue weighted by Crippen LogP contribution is 2.18. The number of methoxy groups -OCH3 is 1. The zero-order valence-corrected chi connectivity index (χ0v) is 14.7. The first-order valence-corrected chi connectivity index (χ1v) is 8.51. The third kappa shape index (κ3) is 5.56. The minimum atomic E-state index is -0.175. The van der Waals surface area contributed by atoms with E-state index in [-0.39, 0.29) is 30.2 Å². The van der Waals surface area contributed by atoms with Crippen molar-refractivity contribution in [2.24, 2.45) is 5.92 Å². The van der Waals surface area contributed by atoms with E-state index in [1.807, 2.05) is 11.8 Å². The normalized spacial score (nSPS) is 15.4. The molecule has 2 N–H and O–H groups in total. The molecule has 1 heterocycles. The predicted molar refractivity (Wildman–Crippen MR) is 94.3 cm³/mol. The average Bonchev–Trinajstić information content (AvgIpc) is 2.62. The first-order valence-electron chi connectivity index (χ1n) is 8.51. The maximum absolute atomic E-state index is 12.2. The Morgan fingerprint density at radius 2 is 1.96 bits per heavy atom. The summed E-state index contributed by atoms with van der Waals surface area (Å²) in [7, 11) is 1.40. The molecular weight excluding hydrogens is 322 g/mol. The fourth-order valence-corrected chi connectivity index (χ4v) is 2.90. The van der Waals surface area contributed by atoms with Crippen LogP contribution in [-0.4, -0.2) is 56.0 Å². The smallest absolute Gasteiger partial charge is 0.308 e. The number of carbonyl (C=O) groups excluding carboxylic acids is 3. The van der Waals surface area contributed by atoms with E-state index in [1.165, 1.54) is 7.11 Å². The van der Waals surface area contributed by atoms with E-state index in [4.69, 9.17) is 4.74 Å². The van der Waals surface area contributed by atoms with Crippen LogP contribution in [-0.2, 0) is 14.3 Å². The Bertz CT molecular complexity index is 625. The number of likely N-dealkylation sites (tertiary alicyclic amines) is 1. The van der Waals surface area contributed by atoms with Gasteiger partial charge in [-0.25, -0.2) is 0 Å². The number of amides is 2. The highest BCUT2D eigenvalue weighted by molar-refractivity contribution is 5.97. The minimum absolute atomic E-state index is 0.0712. The Hall–Kier alpha value is -2.41. The van der Waals surface area contributed by atoms with Gasteiger partial charge < -0.3 is 15.4 Å². The Morgan fingerprint density at radius 3 is 2.60 bits per heavy atom. The second kappa shape index (κ2) is 9.17. The summed E-state index contributed by atoms with van der Waals surface area (Å²) >= 11 is 0. The van der Waals surface area contributed by atoms with Crippen LogP contribution in [0.3, 0.4) is 0 Å². The van der Waals surface area contributed by atoms with Crippen LogP contribution in [0.1, 0.15) is 30.1 Å². The van der Waals surface area contributed by atoms with Crippen molar-refractivity contribution in [3.8, 4) is 0 Å². The lowest BCUT2D eigenvalue weighted by molar-refractivity contribution is -0.147. The van der Waals surface area contributed by atoms with E-state index >= 15 is 0 Å². The quantitative estimate of drug-likeness (QED) is 0.757. The Morgan fingerprint density at radius 1 is 1.24 bits per heavy atom. The van der Waals surface area contributed by atoms with E-state index in [0.29, 0.717) is 43.7 Å². The molecule has 0 atom stereocenters. The van der Waals surface area contributed by atoms with Gasteiger partial charge >= 0.3 is 5.97 Å². The predicted octanol–water partition coefficient (Wildman–Crippen LogP) is 1.26. The molecule has 0 saturated carbocycles. The van der Waals surface area contributed by atoms with Crippen molar-refractivity contribution in [2.75, 3.05) is 38.6 Å². The molecule has 1 fully saturated rings. The molecule has 1 aromatic rings. The zero-order valence-electron chi connectivity index (χ0n) is 14.7. The molecule has 0 bridgehead atoms. The van der Waals surface area contributed by atoms with Crippen LogP contribution in [0, 0.1) is 5.92 Å². The van der Waals surface area contributed by atoms with Gasteiger partial charge in [0, 0.05) is 17.8 Å². The molecule has 0 aromatic heterocycles. The summed E-state index contributed by atoms with van der Waals surface area (Å²) in [4.78, 5) is 37.6. The molecule has 1 aromatic carbocycles. The van der Waals surface area contributed by atoms with Crippen LogP contribution in [0.4, 0.5) is 5.69 Å². The number of benzene rings is 1. The van der Waals surface area contributed by atoms with E-state index in [9.17, 15) is 14.4 Å². The van der Waals surface area contributed by atoms with Crippen molar-refractivity contribution in [3.05, 3.63) is 29.8 Å². The van der Waals surface area contributed by atoms with Crippen molar-refractivity contribution in [1.82, 2.24) is 10.2 Å². The molecule has 25 heavy (non-hydrogen) atoms. The van der Waals surface area contributed by atoms with E-state index in [2.05, 4.69) is 10.6 Å². The molecule has 0 unspecified atom stereocenters. The first-order chi connectivity index (χ1) is 12.0. The van der Waals surface area contributed by atoms with Crippen molar-refractivity contribution in [1.29, 1.82) is 0 Å². The van der Waals surface area contributed by atoms with Gasteiger partial charge in [-0.3, -0.25) is 19.3 Å². The Kier molecular flexibility index (Phi) is 6.94. The molecule has 7 heteroatoms. The number of ether oxygens (including phenoxy) is 1. The number of piperidine rings is 1. The van der Waals surface area contributed by atoms with Crippen LogP contribution in [0.5, 0.6) is 0 Å². The maximum Gasteiger partial charge on any atom is 0.308 e. The van der Waals surface area contributed by atoms with Crippen molar-refractivity contribution in [3.63, 3.8) is 0 Å². The highest BCUT2D eigenvalue weighted by atomic mass is 16.5. The van der Waals surface area contributed by atoms with Gasteiger partial charge in [-0.2, -0.15) is 0 Å². The van der Waals surface area contributed by atoms with Gasteiger partial charge in [0.1, 0.15) is 0 Å². The summed E-state index contributed by atoms with van der Waals surface area (Å²) < 4.78 is 4.76. The number of hydrogen-bond acceptors (Lipinski definition) is 5. The number of rotatable bonds is 6. The second-order valence-corrected chi connectivity index (χ2v) is 6.06. The van der Waals surface area contributed by atoms with Gasteiger partial charge in [-0.1, -0.05) is 6.07 Å². The van der Waals surface area contributed by atoms with Gasteiger partial charge in [0.25, 0.3) is 5.91 Å². The molecule has 2 amide bonds. The number of anilines is 1. The third-order valence-corrected chi connectivity index (χ3v) is 4.24. The van der Waals surface area contributed by atoms with Crippen LogP contribution in [0.25, 0.3) is 0 Å². The molecule has 1 aliphatic heterocycles. The van der Waals surface area contributed by atoms with Gasteiger partial charge in [0.15, 0.2) is 0 Å². The summed E-state index contributed by atoms with van der Waals surface area (Å²) in [5, 5.41) is 5.55. The Labute approximate surface area is 147 Å². The summed E-state index contributed by atoms with van der Waals surface area (Å²) in [5.74, 6) is -0.544. The number of carbonyl (C=O) groups is 3. The summed E-state index contributed by atoms with van der Waals surface area (Å²) in [6, 6.07) is 6.86. The minimum Gasteiger partial charge on any atom is -0.469 e. The van der Waals surface area contributed by atoms with Crippen molar-refractivity contribution < 1.29 is 19.1 Å². The number of nitrogens with zero attached hydrogens (tertiary/aromatic N) is 1. The monoisotopic (exact) mass is 347 g/mol. The zero-order chi connectivity index (χ0) is 18.2. The van der Waals surface area contributed by atoms with Gasteiger partial charge in [0.2, 0.25) is 5.91 Å². The van der Waals surface area contributed by atoms with E-state index in [0.717, 1.165) is 0 Å². The molecule has 1 saturated heterocycles. The number of esters is 1. The lowest BCUT2D eigenvalue weighted by Gasteiger charge is -2.29. The number of nitrogens with one attached hydrogen (secondary N) is 2. The van der Waals surface area contributed by atoms with Crippen LogP contribution in [0.2, 0.25) is 0 Å². The molecule has 0 radical (unpaired) electrons. The molecule has 7 nitrogen and oxygen atoms in total. The number of hydrogen-bond donors (Lipinski definition) is 2. The largest absolute Gasteiger partial charge is 0.469 e. The van der Waals surface area contributed by atoms with Gasteiger partial charge in [0.05, 0.1) is 19.6 Å². The van der Waals surface area contributed by atoms with E-state index in [1.54, 1.807) is 24.3 Å². The van der Waals surface area contributed by atoms with Gasteiger partial charge in [-0.15, -0.1) is 0 Å². The van der Waals surface area contributed by atoms with Crippen molar-refractivity contribution >= 4 is 23.5 Å². The average molecular weight is 347 g/mol. The lowest BCUT2D eigenvalue weighted by atomic mass is 9.97. The lowest BCUT2D eigenvalue weighted by Crippen LogP contribution is -2.41. The molecule has 0 spiro atoms. The Balaban J connectivity index is 1.84. The SMILES string of the molecule is CCNC(=O)c1cccc(NC(=O)CN2CCC(C(=O)OC)CC2)c1. The third-order valence-electron chi connectivity index (χ3n) is 4.24. The summed E-state index contributed by atoms with van der Waals surface area (Å²) in [6.07, 6.45) is 1.40. The maximum atomic E-state index is 12.2. The highest BCUT2D eigenvalue weighted by Gasteiger charge is 2.26. The molecule has 0 aliphatic carbocycles. The molecule has 1 aliphatic rings. The summed E-state index contributed by atoms with van der Waals surface area (Å²) in [5.41, 5.74) is 1.11. The molecule has 2 rings (SSSR count). The molecular formula is C18H25N3O4. The van der Waals surface area contributed by atoms with Crippen LogP contribution in [0.15, 0.2) is 24.3 Å². The standard InChI is InChI=1S/C18H25N3O4/c1-3-19-17(23)14-5-4-6-15(11-14)20-16(22)12-21-9-7-13(8-10-21)18(24)25-2/h4-6,11,13H,3,7-10,12H2,1-2H3,(H,19,23)(H,20,22). The van der Waals surface area contributed by atoms with E-state index < -0.39 is 0 Å². The molecule has 136 valence electrons. The van der Waals surface area contributed by atoms with Crippen molar-refractivity contribution in [2.45, 2.75) is 19.8 Å². The fraction of sp³-hybridized carbons (Fsp3) is 0.500. The topological polar surface area (TPSA) is 87.7 Å².